The van der Waals surface area contributed by atoms with Crippen LogP contribution in [-0.2, 0) is 18.4 Å². The number of nitrogens with one attached hydrogen (secondary N) is 1. The topological polar surface area (TPSA) is 137 Å². The molecule has 3 aromatic heterocycles. The maximum absolute atomic E-state index is 11.4. The Morgan fingerprint density at radius 2 is 2.06 bits per heavy atom. The van der Waals surface area contributed by atoms with E-state index < -0.39 is 5.97 Å². The third kappa shape index (κ3) is 5.72. The number of hydrogen-bond acceptors (Lipinski definition) is 9. The van der Waals surface area contributed by atoms with Gasteiger partial charge in [0.25, 0.3) is 0 Å². The number of aromatic nitrogens is 6. The van der Waals surface area contributed by atoms with Crippen LogP contribution in [0, 0.1) is 12.8 Å². The van der Waals surface area contributed by atoms with Gasteiger partial charge in [-0.2, -0.15) is 4.98 Å². The predicted molar refractivity (Wildman–Crippen MR) is 133 cm³/mol. The van der Waals surface area contributed by atoms with E-state index in [0.717, 1.165) is 24.2 Å². The minimum Gasteiger partial charge on any atom is -0.489 e. The molecule has 0 spiro atoms. The monoisotopic (exact) mass is 495 g/mol. The van der Waals surface area contributed by atoms with Crippen molar-refractivity contribution in [1.29, 1.82) is 0 Å². The van der Waals surface area contributed by atoms with Crippen molar-refractivity contribution in [3.8, 4) is 23.0 Å². The molecule has 1 aliphatic carbocycles. The van der Waals surface area contributed by atoms with Gasteiger partial charge >= 0.3 is 5.97 Å². The van der Waals surface area contributed by atoms with Gasteiger partial charge in [-0.25, -0.2) is 14.6 Å². The summed E-state index contributed by atoms with van der Waals surface area (Å²) in [6.07, 6.45) is 2.78. The number of carboxylic acid groups (broad SMARTS) is 1. The number of aliphatic carboxylic acids is 1. The Hall–Kier alpha value is -3.76. The van der Waals surface area contributed by atoms with Gasteiger partial charge in [0, 0.05) is 13.1 Å². The Labute approximate surface area is 210 Å². The van der Waals surface area contributed by atoms with Crippen LogP contribution in [-0.4, -0.2) is 54.2 Å². The summed E-state index contributed by atoms with van der Waals surface area (Å²) < 4.78 is 13.2. The van der Waals surface area contributed by atoms with Crippen molar-refractivity contribution in [3.05, 3.63) is 35.3 Å². The lowest BCUT2D eigenvalue weighted by molar-refractivity contribution is -0.143. The average molecular weight is 496 g/mol. The van der Waals surface area contributed by atoms with Crippen molar-refractivity contribution in [2.24, 2.45) is 13.0 Å². The molecule has 0 unspecified atom stereocenters. The SMILES string of the molecule is COc1cc(C(C)C)nc(NCc2c(-c3ccc(O[C@H]4CCC[C@H](C(=O)O)C4)c(C)n3)nnn2C)n1. The number of ether oxygens (including phenoxy) is 2. The van der Waals surface area contributed by atoms with Crippen LogP contribution >= 0.6 is 0 Å². The molecule has 11 heteroatoms. The number of nitrogens with zero attached hydrogens (tertiary/aromatic N) is 6. The van der Waals surface area contributed by atoms with Gasteiger partial charge in [-0.15, -0.1) is 5.10 Å². The molecule has 3 aromatic rings. The molecular weight excluding hydrogens is 462 g/mol. The summed E-state index contributed by atoms with van der Waals surface area (Å²) in [5.74, 6) is 0.746. The second-order valence-corrected chi connectivity index (χ2v) is 9.40. The van der Waals surface area contributed by atoms with Gasteiger partial charge in [-0.05, 0) is 50.7 Å². The number of hydrogen-bond donors (Lipinski definition) is 2. The zero-order chi connectivity index (χ0) is 25.8. The Kier molecular flexibility index (Phi) is 7.66. The molecule has 0 bridgehead atoms. The van der Waals surface area contributed by atoms with Gasteiger partial charge in [0.2, 0.25) is 11.8 Å². The lowest BCUT2D eigenvalue weighted by Crippen LogP contribution is -2.29. The lowest BCUT2D eigenvalue weighted by Gasteiger charge is -2.27. The Morgan fingerprint density at radius 1 is 1.25 bits per heavy atom. The van der Waals surface area contributed by atoms with Crippen molar-refractivity contribution < 1.29 is 19.4 Å². The van der Waals surface area contributed by atoms with Gasteiger partial charge in [0.05, 0.1) is 48.5 Å². The second kappa shape index (κ2) is 10.9. The van der Waals surface area contributed by atoms with E-state index in [1.807, 2.05) is 32.2 Å². The maximum Gasteiger partial charge on any atom is 0.306 e. The van der Waals surface area contributed by atoms with E-state index in [1.54, 1.807) is 11.8 Å². The molecule has 0 amide bonds. The molecule has 3 heterocycles. The first-order valence-electron chi connectivity index (χ1n) is 12.2. The first-order valence-corrected chi connectivity index (χ1v) is 12.2. The smallest absolute Gasteiger partial charge is 0.306 e. The lowest BCUT2D eigenvalue weighted by atomic mass is 9.87. The fourth-order valence-corrected chi connectivity index (χ4v) is 4.32. The molecule has 1 aliphatic rings. The predicted octanol–water partition coefficient (Wildman–Crippen LogP) is 3.74. The second-order valence-electron chi connectivity index (χ2n) is 9.40. The summed E-state index contributed by atoms with van der Waals surface area (Å²) in [4.78, 5) is 25.1. The normalized spacial score (nSPS) is 17.7. The number of methoxy groups -OCH3 is 1. The Bertz CT molecular complexity index is 1230. The number of rotatable bonds is 9. The van der Waals surface area contributed by atoms with Gasteiger partial charge in [0.15, 0.2) is 0 Å². The third-order valence-corrected chi connectivity index (χ3v) is 6.43. The molecule has 2 atom stereocenters. The number of pyridine rings is 1. The van der Waals surface area contributed by atoms with Crippen LogP contribution in [0.15, 0.2) is 18.2 Å². The molecule has 192 valence electrons. The van der Waals surface area contributed by atoms with Gasteiger partial charge < -0.3 is 19.9 Å². The zero-order valence-electron chi connectivity index (χ0n) is 21.4. The Balaban J connectivity index is 1.50. The summed E-state index contributed by atoms with van der Waals surface area (Å²) in [5, 5.41) is 21.1. The molecule has 36 heavy (non-hydrogen) atoms. The minimum absolute atomic E-state index is 0.124. The van der Waals surface area contributed by atoms with Crippen LogP contribution in [0.5, 0.6) is 11.6 Å². The molecule has 0 saturated heterocycles. The molecule has 1 fully saturated rings. The average Bonchev–Trinajstić information content (AvgIpc) is 3.24. The van der Waals surface area contributed by atoms with Crippen LogP contribution in [0.4, 0.5) is 5.95 Å². The summed E-state index contributed by atoms with van der Waals surface area (Å²) in [7, 11) is 3.41. The van der Waals surface area contributed by atoms with Crippen LogP contribution in [0.2, 0.25) is 0 Å². The fraction of sp³-hybridized carbons (Fsp3) is 0.520. The van der Waals surface area contributed by atoms with Gasteiger partial charge in [0.1, 0.15) is 11.4 Å². The van der Waals surface area contributed by atoms with E-state index in [2.05, 4.69) is 39.4 Å². The van der Waals surface area contributed by atoms with E-state index in [-0.39, 0.29) is 17.9 Å². The molecule has 1 saturated carbocycles. The third-order valence-electron chi connectivity index (χ3n) is 6.43. The van der Waals surface area contributed by atoms with E-state index in [4.69, 9.17) is 14.5 Å². The van der Waals surface area contributed by atoms with Gasteiger partial charge in [-0.3, -0.25) is 4.79 Å². The zero-order valence-corrected chi connectivity index (χ0v) is 21.4. The molecule has 0 aliphatic heterocycles. The van der Waals surface area contributed by atoms with Crippen LogP contribution in [0.3, 0.4) is 0 Å². The molecule has 0 radical (unpaired) electrons. The van der Waals surface area contributed by atoms with E-state index in [9.17, 15) is 9.90 Å². The van der Waals surface area contributed by atoms with E-state index in [1.165, 1.54) is 0 Å². The number of carboxylic acids is 1. The summed E-state index contributed by atoms with van der Waals surface area (Å²) in [6.45, 7) is 6.40. The summed E-state index contributed by atoms with van der Waals surface area (Å²) >= 11 is 0. The Morgan fingerprint density at radius 3 is 2.75 bits per heavy atom. The maximum atomic E-state index is 11.4. The van der Waals surface area contributed by atoms with Crippen molar-refractivity contribution in [2.45, 2.75) is 65.0 Å². The standard InChI is InChI=1S/C25H33N7O4/c1-14(2)19-12-22(35-5)29-25(28-19)26-13-20-23(30-31-32(20)4)18-9-10-21(15(3)27-18)36-17-8-6-7-16(11-17)24(33)34/h9-10,12,14,16-17H,6-8,11,13H2,1-5H3,(H,33,34)(H,26,28,29)/t16-,17-/m0/s1. The highest BCUT2D eigenvalue weighted by atomic mass is 16.5. The summed E-state index contributed by atoms with van der Waals surface area (Å²) in [5.41, 5.74) is 3.74. The molecule has 0 aromatic carbocycles. The van der Waals surface area contributed by atoms with E-state index in [0.29, 0.717) is 54.0 Å². The molecule has 4 rings (SSSR count). The summed E-state index contributed by atoms with van der Waals surface area (Å²) in [6, 6.07) is 5.55. The highest BCUT2D eigenvalue weighted by Gasteiger charge is 2.28. The number of anilines is 1. The highest BCUT2D eigenvalue weighted by Crippen LogP contribution is 2.30. The molecule has 2 N–H and O–H groups in total. The van der Waals surface area contributed by atoms with Crippen molar-refractivity contribution in [3.63, 3.8) is 0 Å². The number of aryl methyl sites for hydroxylation is 2. The minimum atomic E-state index is -0.753. The van der Waals surface area contributed by atoms with Crippen molar-refractivity contribution in [2.75, 3.05) is 12.4 Å². The van der Waals surface area contributed by atoms with Crippen molar-refractivity contribution in [1.82, 2.24) is 29.9 Å². The van der Waals surface area contributed by atoms with Crippen LogP contribution < -0.4 is 14.8 Å². The first kappa shape index (κ1) is 25.3. The molecule has 11 nitrogen and oxygen atoms in total. The molecular formula is C25H33N7O4. The fourth-order valence-electron chi connectivity index (χ4n) is 4.32. The van der Waals surface area contributed by atoms with Crippen LogP contribution in [0.1, 0.15) is 62.5 Å². The van der Waals surface area contributed by atoms with E-state index >= 15 is 0 Å². The van der Waals surface area contributed by atoms with Crippen molar-refractivity contribution >= 4 is 11.9 Å². The quantitative estimate of drug-likeness (QED) is 0.451. The largest absolute Gasteiger partial charge is 0.489 e. The van der Waals surface area contributed by atoms with Gasteiger partial charge in [-0.1, -0.05) is 19.1 Å². The highest BCUT2D eigenvalue weighted by molar-refractivity contribution is 5.70. The first-order chi connectivity index (χ1) is 17.2. The number of carbonyl (C=O) groups is 1. The van der Waals surface area contributed by atoms with Crippen LogP contribution in [0.25, 0.3) is 11.4 Å².